The van der Waals surface area contributed by atoms with Crippen molar-refractivity contribution in [2.45, 2.75) is 0 Å². The van der Waals surface area contributed by atoms with Crippen LogP contribution >= 0.6 is 0 Å². The van der Waals surface area contributed by atoms with E-state index in [1.807, 2.05) is 0 Å². The summed E-state index contributed by atoms with van der Waals surface area (Å²) in [5.74, 6) is 0.176. The molecule has 2 nitrogen and oxygen atoms in total. The van der Waals surface area contributed by atoms with Crippen LogP contribution in [-0.4, -0.2) is 10.2 Å². The Balaban J connectivity index is 0.000000640. The second-order valence-electron chi connectivity index (χ2n) is 1.52. The molecular weight excluding hydrogens is 336 g/mol. The first-order valence-corrected chi connectivity index (χ1v) is 2.27. The molecule has 2 N–H and O–H groups in total. The molecule has 0 saturated heterocycles. The van der Waals surface area contributed by atoms with Gasteiger partial charge in [-0.15, -0.1) is 0 Å². The first-order chi connectivity index (χ1) is 3.79. The van der Waals surface area contributed by atoms with Gasteiger partial charge in [-0.1, -0.05) is 6.07 Å². The summed E-state index contributed by atoms with van der Waals surface area (Å²) in [6.45, 7) is 0. The van der Waals surface area contributed by atoms with E-state index in [1.54, 1.807) is 6.07 Å². The molecule has 9 heavy (non-hydrogen) atoms. The molecule has 0 spiro atoms. The Morgan fingerprint density at radius 1 is 1.00 bits per heavy atom. The summed E-state index contributed by atoms with van der Waals surface area (Å²) in [6, 6.07) is 5.85. The summed E-state index contributed by atoms with van der Waals surface area (Å²) in [5, 5.41) is 17.3. The van der Waals surface area contributed by atoms with E-state index in [1.165, 1.54) is 18.2 Å². The van der Waals surface area contributed by atoms with Crippen molar-refractivity contribution >= 4 is 0 Å². The van der Waals surface area contributed by atoms with Crippen LogP contribution in [-0.2, 0) is 0 Å². The summed E-state index contributed by atoms with van der Waals surface area (Å²) in [7, 11) is 0. The van der Waals surface area contributed by atoms with Crippen LogP contribution in [0.15, 0.2) is 24.3 Å². The van der Waals surface area contributed by atoms with E-state index in [9.17, 15) is 0 Å². The first kappa shape index (κ1) is 9.14. The number of phenolic OH excluding ortho intramolecular Hbond substituents is 2. The van der Waals surface area contributed by atoms with Crippen LogP contribution in [0.5, 0.6) is 11.5 Å². The third-order valence-corrected chi connectivity index (χ3v) is 0.830. The van der Waals surface area contributed by atoms with Crippen molar-refractivity contribution in [3.8, 4) is 11.5 Å². The largest absolute Gasteiger partial charge is 0.508 e. The molecule has 0 aliphatic heterocycles. The molecule has 0 aliphatic rings. The summed E-state index contributed by atoms with van der Waals surface area (Å²) >= 11 is 0. The fraction of sp³-hybridized carbons (Fsp3) is 0. The van der Waals surface area contributed by atoms with Gasteiger partial charge in [0.1, 0.15) is 11.5 Å². The molecular formula is C6H6O2Th. The number of benzene rings is 1. The molecule has 0 aromatic heterocycles. The maximum atomic E-state index is 8.65. The molecule has 46 valence electrons. The normalized spacial score (nSPS) is 8.00. The molecule has 0 saturated carbocycles. The average molecular weight is 342 g/mol. The van der Waals surface area contributed by atoms with Crippen LogP contribution in [0.2, 0.25) is 0 Å². The summed E-state index contributed by atoms with van der Waals surface area (Å²) < 4.78 is 0. The predicted octanol–water partition coefficient (Wildman–Crippen LogP) is 1.10. The second-order valence-corrected chi connectivity index (χ2v) is 1.52. The molecule has 0 amide bonds. The summed E-state index contributed by atoms with van der Waals surface area (Å²) in [4.78, 5) is 0. The van der Waals surface area contributed by atoms with E-state index in [0.717, 1.165) is 0 Å². The van der Waals surface area contributed by atoms with Gasteiger partial charge in [0.25, 0.3) is 0 Å². The Labute approximate surface area is 85.2 Å². The molecule has 1 aromatic carbocycles. The van der Waals surface area contributed by atoms with Crippen LogP contribution in [0.3, 0.4) is 0 Å². The van der Waals surface area contributed by atoms with Gasteiger partial charge < -0.3 is 10.2 Å². The third kappa shape index (κ3) is 2.99. The topological polar surface area (TPSA) is 40.5 Å². The number of hydrogen-bond donors (Lipinski definition) is 2. The molecule has 0 unspecified atom stereocenters. The molecule has 0 fully saturated rings. The van der Waals surface area contributed by atoms with Gasteiger partial charge in [0.15, 0.2) is 0 Å². The zero-order valence-corrected chi connectivity index (χ0v) is 8.81. The average Bonchev–Trinajstić information content (AvgIpc) is 1.64. The van der Waals surface area contributed by atoms with E-state index in [0.29, 0.717) is 0 Å². The van der Waals surface area contributed by atoms with Crippen LogP contribution in [0.4, 0.5) is 0 Å². The standard InChI is InChI=1S/C6H6O2.Th/c7-5-2-1-3-6(8)4-5;/h1-4,7-8H;. The number of hydrogen-bond acceptors (Lipinski definition) is 2. The van der Waals surface area contributed by atoms with Gasteiger partial charge in [-0.3, -0.25) is 0 Å². The minimum Gasteiger partial charge on any atom is -0.508 e. The third-order valence-electron chi connectivity index (χ3n) is 0.830. The molecule has 1 aromatic rings. The van der Waals surface area contributed by atoms with Crippen molar-refractivity contribution in [1.29, 1.82) is 0 Å². The Hall–Kier alpha value is 0.145. The molecule has 0 heterocycles. The van der Waals surface area contributed by atoms with Crippen LogP contribution in [0, 0.1) is 39.9 Å². The van der Waals surface area contributed by atoms with Crippen molar-refractivity contribution in [2.24, 2.45) is 0 Å². The van der Waals surface area contributed by atoms with Gasteiger partial charge in [0.2, 0.25) is 0 Å². The van der Waals surface area contributed by atoms with Crippen molar-refractivity contribution in [1.82, 2.24) is 0 Å². The zero-order chi connectivity index (χ0) is 5.98. The minimum atomic E-state index is 0. The maximum absolute atomic E-state index is 8.65. The quantitative estimate of drug-likeness (QED) is 0.741. The van der Waals surface area contributed by atoms with Crippen molar-refractivity contribution in [3.05, 3.63) is 24.3 Å². The smallest absolute Gasteiger partial charge is 0.119 e. The number of rotatable bonds is 0. The van der Waals surface area contributed by atoms with E-state index in [4.69, 9.17) is 10.2 Å². The van der Waals surface area contributed by atoms with Gasteiger partial charge in [0, 0.05) is 46.0 Å². The Morgan fingerprint density at radius 3 is 1.67 bits per heavy atom. The molecule has 0 bridgehead atoms. The fourth-order valence-electron chi connectivity index (χ4n) is 0.493. The van der Waals surface area contributed by atoms with Crippen LogP contribution in [0.1, 0.15) is 0 Å². The fourth-order valence-corrected chi connectivity index (χ4v) is 0.493. The van der Waals surface area contributed by atoms with Crippen LogP contribution in [0.25, 0.3) is 0 Å². The van der Waals surface area contributed by atoms with Gasteiger partial charge in [-0.25, -0.2) is 0 Å². The first-order valence-electron chi connectivity index (χ1n) is 2.27. The van der Waals surface area contributed by atoms with Gasteiger partial charge in [-0.2, -0.15) is 0 Å². The monoisotopic (exact) mass is 342 g/mol. The minimum absolute atomic E-state index is 0. The van der Waals surface area contributed by atoms with Gasteiger partial charge >= 0.3 is 0 Å². The van der Waals surface area contributed by atoms with E-state index in [-0.39, 0.29) is 51.4 Å². The molecule has 0 radical (unpaired) electrons. The second kappa shape index (κ2) is 4.04. The molecule has 1 rings (SSSR count). The van der Waals surface area contributed by atoms with E-state index < -0.39 is 0 Å². The summed E-state index contributed by atoms with van der Waals surface area (Å²) in [5.41, 5.74) is 0. The Bertz CT molecular complexity index is 171. The van der Waals surface area contributed by atoms with Gasteiger partial charge in [-0.05, 0) is 12.1 Å². The molecule has 0 aliphatic carbocycles. The Morgan fingerprint density at radius 2 is 1.44 bits per heavy atom. The number of phenols is 2. The van der Waals surface area contributed by atoms with Crippen LogP contribution < -0.4 is 0 Å². The van der Waals surface area contributed by atoms with E-state index >= 15 is 0 Å². The SMILES string of the molecule is Oc1cccc(O)c1.[Th]. The van der Waals surface area contributed by atoms with E-state index in [2.05, 4.69) is 0 Å². The maximum Gasteiger partial charge on any atom is 0.119 e. The van der Waals surface area contributed by atoms with Crippen molar-refractivity contribution in [2.75, 3.05) is 0 Å². The summed E-state index contributed by atoms with van der Waals surface area (Å²) in [6.07, 6.45) is 0. The molecule has 0 atom stereocenters. The predicted molar refractivity (Wildman–Crippen MR) is 29.8 cm³/mol. The Kier molecular flexibility index (Phi) is 4.10. The molecule has 3 heteroatoms. The van der Waals surface area contributed by atoms with Crippen molar-refractivity contribution < 1.29 is 50.2 Å². The van der Waals surface area contributed by atoms with Gasteiger partial charge in [0.05, 0.1) is 0 Å². The van der Waals surface area contributed by atoms with Crippen molar-refractivity contribution in [3.63, 3.8) is 0 Å². The number of aromatic hydroxyl groups is 2. The zero-order valence-electron chi connectivity index (χ0n) is 4.70.